The van der Waals surface area contributed by atoms with Gasteiger partial charge in [-0.1, -0.05) is 0 Å². The Labute approximate surface area is 122 Å². The summed E-state index contributed by atoms with van der Waals surface area (Å²) in [6.45, 7) is 7.02. The van der Waals surface area contributed by atoms with Crippen molar-refractivity contribution in [3.05, 3.63) is 23.5 Å². The molecule has 0 bridgehead atoms. The summed E-state index contributed by atoms with van der Waals surface area (Å²) >= 11 is 0. The number of carboxylic acids is 1. The zero-order chi connectivity index (χ0) is 16.4. The van der Waals surface area contributed by atoms with Crippen LogP contribution in [-0.4, -0.2) is 28.6 Å². The maximum atomic E-state index is 13.8. The highest BCUT2D eigenvalue weighted by atomic mass is 19.1. The Morgan fingerprint density at radius 1 is 1.33 bits per heavy atom. The molecule has 6 nitrogen and oxygen atoms in total. The molecule has 0 saturated carbocycles. The lowest BCUT2D eigenvalue weighted by Crippen LogP contribution is -2.47. The Hall–Kier alpha value is -2.31. The molecule has 116 valence electrons. The van der Waals surface area contributed by atoms with Gasteiger partial charge in [-0.3, -0.25) is 4.79 Å². The van der Waals surface area contributed by atoms with Crippen molar-refractivity contribution in [1.82, 2.24) is 5.32 Å². The van der Waals surface area contributed by atoms with Crippen LogP contribution in [0.5, 0.6) is 0 Å². The van der Waals surface area contributed by atoms with Crippen molar-refractivity contribution >= 4 is 23.3 Å². The number of nitrogens with two attached hydrogens (primary N) is 1. The molecule has 1 atom stereocenters. The molecule has 0 aliphatic rings. The highest BCUT2D eigenvalue weighted by Gasteiger charge is 2.21. The topological polar surface area (TPSA) is 104 Å². The molecule has 0 heterocycles. The van der Waals surface area contributed by atoms with Crippen LogP contribution in [0.1, 0.15) is 38.1 Å². The summed E-state index contributed by atoms with van der Waals surface area (Å²) in [4.78, 5) is 22.9. The number of hydrogen-bond acceptors (Lipinski definition) is 4. The second-order valence-corrected chi connectivity index (χ2v) is 5.83. The molecule has 1 unspecified atom stereocenters. The molecule has 1 aromatic carbocycles. The third kappa shape index (κ3) is 4.62. The van der Waals surface area contributed by atoms with Gasteiger partial charge in [-0.05, 0) is 39.8 Å². The van der Waals surface area contributed by atoms with Gasteiger partial charge in [-0.15, -0.1) is 0 Å². The van der Waals surface area contributed by atoms with Gasteiger partial charge in [0, 0.05) is 11.2 Å². The highest BCUT2D eigenvalue weighted by Crippen LogP contribution is 2.23. The van der Waals surface area contributed by atoms with E-state index in [1.54, 1.807) is 6.92 Å². The zero-order valence-corrected chi connectivity index (χ0v) is 12.5. The zero-order valence-electron chi connectivity index (χ0n) is 12.5. The lowest BCUT2D eigenvalue weighted by atomic mass is 10.1. The summed E-state index contributed by atoms with van der Waals surface area (Å²) in [5.74, 6) is -2.30. The number of anilines is 2. The number of nitrogen functional groups attached to an aromatic ring is 1. The number of carbonyl (C=O) groups excluding carboxylic acids is 1. The van der Waals surface area contributed by atoms with E-state index >= 15 is 0 Å². The molecular formula is C14H20FN3O3. The predicted octanol–water partition coefficient (Wildman–Crippen LogP) is 1.82. The molecule has 1 rings (SSSR count). The summed E-state index contributed by atoms with van der Waals surface area (Å²) in [6, 6.07) is 1.26. The van der Waals surface area contributed by atoms with Crippen LogP contribution >= 0.6 is 0 Å². The van der Waals surface area contributed by atoms with Crippen molar-refractivity contribution < 1.29 is 19.1 Å². The summed E-state index contributed by atoms with van der Waals surface area (Å²) < 4.78 is 13.8. The smallest absolute Gasteiger partial charge is 0.337 e. The van der Waals surface area contributed by atoms with E-state index in [4.69, 9.17) is 10.8 Å². The minimum Gasteiger partial charge on any atom is -0.478 e. The molecule has 0 saturated heterocycles. The molecule has 1 aromatic rings. The maximum Gasteiger partial charge on any atom is 0.337 e. The lowest BCUT2D eigenvalue weighted by Gasteiger charge is -2.24. The van der Waals surface area contributed by atoms with Crippen LogP contribution in [0, 0.1) is 5.82 Å². The number of hydrogen-bond donors (Lipinski definition) is 4. The van der Waals surface area contributed by atoms with Crippen molar-refractivity contribution in [2.75, 3.05) is 11.1 Å². The van der Waals surface area contributed by atoms with Crippen LogP contribution in [0.4, 0.5) is 15.8 Å². The van der Waals surface area contributed by atoms with Gasteiger partial charge >= 0.3 is 5.97 Å². The summed E-state index contributed by atoms with van der Waals surface area (Å²) in [5, 5.41) is 14.4. The number of halogens is 1. The van der Waals surface area contributed by atoms with E-state index in [2.05, 4.69) is 10.6 Å². The normalized spacial score (nSPS) is 12.6. The van der Waals surface area contributed by atoms with E-state index in [9.17, 15) is 14.0 Å². The fourth-order valence-corrected chi connectivity index (χ4v) is 1.66. The molecule has 0 spiro atoms. The van der Waals surface area contributed by atoms with Gasteiger partial charge in [-0.2, -0.15) is 0 Å². The average Bonchev–Trinajstić information content (AvgIpc) is 2.29. The highest BCUT2D eigenvalue weighted by molar-refractivity contribution is 5.95. The molecule has 5 N–H and O–H groups in total. The van der Waals surface area contributed by atoms with Crippen molar-refractivity contribution in [3.63, 3.8) is 0 Å². The number of amides is 1. The first-order chi connectivity index (χ1) is 9.51. The van der Waals surface area contributed by atoms with Gasteiger partial charge < -0.3 is 21.5 Å². The van der Waals surface area contributed by atoms with Crippen LogP contribution in [-0.2, 0) is 4.79 Å². The molecule has 0 radical (unpaired) electrons. The standard InChI is InChI=1S/C14H20FN3O3/c1-7(12(19)18-14(2,3)4)17-11-5-8(13(20)21)10(16)6-9(11)15/h5-7,17H,16H2,1-4H3,(H,18,19)(H,20,21). The van der Waals surface area contributed by atoms with Gasteiger partial charge in [0.2, 0.25) is 5.91 Å². The van der Waals surface area contributed by atoms with Gasteiger partial charge in [-0.25, -0.2) is 9.18 Å². The first-order valence-corrected chi connectivity index (χ1v) is 6.42. The first kappa shape index (κ1) is 16.7. The van der Waals surface area contributed by atoms with Crippen molar-refractivity contribution in [3.8, 4) is 0 Å². The Balaban J connectivity index is 2.95. The Bertz CT molecular complexity index is 567. The van der Waals surface area contributed by atoms with Crippen LogP contribution in [0.15, 0.2) is 12.1 Å². The maximum absolute atomic E-state index is 13.8. The first-order valence-electron chi connectivity index (χ1n) is 6.42. The number of carbonyl (C=O) groups is 2. The second kappa shape index (κ2) is 5.99. The summed E-state index contributed by atoms with van der Waals surface area (Å²) in [5.41, 5.74) is 4.55. The quantitative estimate of drug-likeness (QED) is 0.635. The lowest BCUT2D eigenvalue weighted by molar-refractivity contribution is -0.122. The largest absolute Gasteiger partial charge is 0.478 e. The van der Waals surface area contributed by atoms with Crippen molar-refractivity contribution in [2.45, 2.75) is 39.3 Å². The minimum absolute atomic E-state index is 0.0850. The molecule has 0 aliphatic carbocycles. The number of rotatable bonds is 4. The van der Waals surface area contributed by atoms with Gasteiger partial charge in [0.1, 0.15) is 11.9 Å². The van der Waals surface area contributed by atoms with Crippen LogP contribution in [0.25, 0.3) is 0 Å². The predicted molar refractivity (Wildman–Crippen MR) is 78.8 cm³/mol. The summed E-state index contributed by atoms with van der Waals surface area (Å²) in [6.07, 6.45) is 0. The van der Waals surface area contributed by atoms with E-state index in [1.165, 1.54) is 0 Å². The summed E-state index contributed by atoms with van der Waals surface area (Å²) in [7, 11) is 0. The van der Waals surface area contributed by atoms with E-state index < -0.39 is 23.4 Å². The van der Waals surface area contributed by atoms with E-state index in [1.807, 2.05) is 20.8 Å². The number of benzene rings is 1. The Kier molecular flexibility index (Phi) is 4.77. The van der Waals surface area contributed by atoms with Gasteiger partial charge in [0.25, 0.3) is 0 Å². The van der Waals surface area contributed by atoms with E-state index in [0.717, 1.165) is 12.1 Å². The molecule has 21 heavy (non-hydrogen) atoms. The molecular weight excluding hydrogens is 277 g/mol. The van der Waals surface area contributed by atoms with Crippen molar-refractivity contribution in [1.29, 1.82) is 0 Å². The van der Waals surface area contributed by atoms with Crippen LogP contribution < -0.4 is 16.4 Å². The second-order valence-electron chi connectivity index (χ2n) is 5.83. The van der Waals surface area contributed by atoms with E-state index in [0.29, 0.717) is 0 Å². The Morgan fingerprint density at radius 3 is 2.38 bits per heavy atom. The van der Waals surface area contributed by atoms with Crippen LogP contribution in [0.3, 0.4) is 0 Å². The third-order valence-corrected chi connectivity index (χ3v) is 2.63. The van der Waals surface area contributed by atoms with Gasteiger partial charge in [0.05, 0.1) is 11.3 Å². The van der Waals surface area contributed by atoms with E-state index in [-0.39, 0.29) is 22.8 Å². The average molecular weight is 297 g/mol. The van der Waals surface area contributed by atoms with Gasteiger partial charge in [0.15, 0.2) is 0 Å². The molecule has 0 aliphatic heterocycles. The Morgan fingerprint density at radius 2 is 1.90 bits per heavy atom. The molecule has 0 aromatic heterocycles. The molecule has 1 amide bonds. The fraction of sp³-hybridized carbons (Fsp3) is 0.429. The number of aromatic carboxylic acids is 1. The monoisotopic (exact) mass is 297 g/mol. The van der Waals surface area contributed by atoms with Crippen molar-refractivity contribution in [2.24, 2.45) is 0 Å². The minimum atomic E-state index is -1.26. The number of carboxylic acid groups (broad SMARTS) is 1. The third-order valence-electron chi connectivity index (χ3n) is 2.63. The fourth-order valence-electron chi connectivity index (χ4n) is 1.66. The molecule has 0 fully saturated rings. The SMILES string of the molecule is CC(Nc1cc(C(=O)O)c(N)cc1F)C(=O)NC(C)(C)C. The number of nitrogens with one attached hydrogen (secondary N) is 2. The molecule has 7 heteroatoms. The van der Waals surface area contributed by atoms with Crippen LogP contribution in [0.2, 0.25) is 0 Å².